The number of carboxylic acid groups (broad SMARTS) is 2. The molecule has 0 heterocycles. The summed E-state index contributed by atoms with van der Waals surface area (Å²) in [5.41, 5.74) is 5.00. The summed E-state index contributed by atoms with van der Waals surface area (Å²) in [5.74, 6) is -2.20. The van der Waals surface area contributed by atoms with Crippen LogP contribution in [0.25, 0.3) is 0 Å². The summed E-state index contributed by atoms with van der Waals surface area (Å²) in [7, 11) is 0. The summed E-state index contributed by atoms with van der Waals surface area (Å²) in [6, 6.07) is -1.06. The third-order valence-electron chi connectivity index (χ3n) is 0.986. The standard InChI is InChI=1S/C5H9NO4.Fe/c6-3(5(9)10)1-2-4(7)8;/h3H,1-2,6H2,(H,7,8)(H,9,10);. The molecule has 66 valence electrons. The average Bonchev–Trinajstić information content (AvgIpc) is 1.82. The van der Waals surface area contributed by atoms with Crippen molar-refractivity contribution >= 4 is 11.9 Å². The Balaban J connectivity index is 0. The van der Waals surface area contributed by atoms with Gasteiger partial charge in [-0.2, -0.15) is 0 Å². The van der Waals surface area contributed by atoms with Crippen LogP contribution in [0.4, 0.5) is 0 Å². The van der Waals surface area contributed by atoms with Crippen molar-refractivity contribution in [2.75, 3.05) is 0 Å². The molecule has 1 unspecified atom stereocenters. The zero-order chi connectivity index (χ0) is 8.15. The van der Waals surface area contributed by atoms with Crippen LogP contribution in [0, 0.1) is 0 Å². The quantitative estimate of drug-likeness (QED) is 0.522. The predicted octanol–water partition coefficient (Wildman–Crippen LogP) is -0.739. The summed E-state index contributed by atoms with van der Waals surface area (Å²) in [5, 5.41) is 16.3. The van der Waals surface area contributed by atoms with Crippen molar-refractivity contribution in [3.63, 3.8) is 0 Å². The van der Waals surface area contributed by atoms with Gasteiger partial charge in [0.2, 0.25) is 0 Å². The van der Waals surface area contributed by atoms with Crippen LogP contribution in [0.2, 0.25) is 0 Å². The zero-order valence-corrected chi connectivity index (χ0v) is 6.74. The van der Waals surface area contributed by atoms with Gasteiger partial charge in [-0.25, -0.2) is 0 Å². The van der Waals surface area contributed by atoms with Crippen molar-refractivity contribution in [1.29, 1.82) is 0 Å². The van der Waals surface area contributed by atoms with Crippen molar-refractivity contribution in [3.8, 4) is 0 Å². The molecule has 0 amide bonds. The van der Waals surface area contributed by atoms with Gasteiger partial charge in [0.1, 0.15) is 6.04 Å². The Labute approximate surface area is 74.0 Å². The van der Waals surface area contributed by atoms with Gasteiger partial charge in [-0.05, 0) is 6.42 Å². The molecule has 0 aliphatic rings. The molecule has 0 aliphatic heterocycles. The molecule has 0 aliphatic carbocycles. The van der Waals surface area contributed by atoms with Gasteiger partial charge >= 0.3 is 11.9 Å². The third-order valence-corrected chi connectivity index (χ3v) is 0.986. The Bertz CT molecular complexity index is 149. The second-order valence-electron chi connectivity index (χ2n) is 1.88. The smallest absolute Gasteiger partial charge is 0.320 e. The third kappa shape index (κ3) is 7.31. The Morgan fingerprint density at radius 3 is 2.09 bits per heavy atom. The monoisotopic (exact) mass is 203 g/mol. The average molecular weight is 203 g/mol. The van der Waals surface area contributed by atoms with Crippen molar-refractivity contribution in [1.82, 2.24) is 0 Å². The van der Waals surface area contributed by atoms with E-state index in [1.807, 2.05) is 0 Å². The fourth-order valence-corrected chi connectivity index (χ4v) is 0.402. The fraction of sp³-hybridized carbons (Fsp3) is 0.600. The van der Waals surface area contributed by atoms with E-state index in [2.05, 4.69) is 0 Å². The zero-order valence-electron chi connectivity index (χ0n) is 5.63. The SMILES string of the molecule is NC(CCC(=O)O)C(=O)O.[Fe]. The second kappa shape index (κ2) is 6.15. The van der Waals surface area contributed by atoms with Gasteiger partial charge in [-0.15, -0.1) is 0 Å². The molecule has 0 saturated carbocycles. The van der Waals surface area contributed by atoms with Gasteiger partial charge < -0.3 is 15.9 Å². The first-order valence-electron chi connectivity index (χ1n) is 2.74. The molecular weight excluding hydrogens is 194 g/mol. The minimum atomic E-state index is -1.17. The predicted molar refractivity (Wildman–Crippen MR) is 32.5 cm³/mol. The summed E-state index contributed by atoms with van der Waals surface area (Å²) in [4.78, 5) is 19.9. The molecule has 4 N–H and O–H groups in total. The van der Waals surface area contributed by atoms with Crippen LogP contribution < -0.4 is 5.73 Å². The van der Waals surface area contributed by atoms with E-state index in [-0.39, 0.29) is 29.9 Å². The van der Waals surface area contributed by atoms with E-state index in [1.165, 1.54) is 0 Å². The summed E-state index contributed by atoms with van der Waals surface area (Å²) < 4.78 is 0. The maximum Gasteiger partial charge on any atom is 0.320 e. The van der Waals surface area contributed by atoms with Gasteiger partial charge in [0.15, 0.2) is 0 Å². The van der Waals surface area contributed by atoms with E-state index in [1.54, 1.807) is 0 Å². The molecule has 11 heavy (non-hydrogen) atoms. The summed E-state index contributed by atoms with van der Waals surface area (Å²) in [6.45, 7) is 0. The van der Waals surface area contributed by atoms with Crippen LogP contribution in [-0.2, 0) is 26.7 Å². The van der Waals surface area contributed by atoms with Gasteiger partial charge in [0.05, 0.1) is 0 Å². The molecule has 5 nitrogen and oxygen atoms in total. The summed E-state index contributed by atoms with van der Waals surface area (Å²) in [6.07, 6.45) is -0.224. The molecule has 0 rings (SSSR count). The molecule has 0 aromatic heterocycles. The normalized spacial score (nSPS) is 11.4. The minimum Gasteiger partial charge on any atom is -0.481 e. The Kier molecular flexibility index (Phi) is 7.29. The Morgan fingerprint density at radius 2 is 1.82 bits per heavy atom. The van der Waals surface area contributed by atoms with Crippen LogP contribution in [-0.4, -0.2) is 28.2 Å². The van der Waals surface area contributed by atoms with E-state index in [4.69, 9.17) is 15.9 Å². The van der Waals surface area contributed by atoms with Crippen LogP contribution in [0.5, 0.6) is 0 Å². The van der Waals surface area contributed by atoms with Crippen LogP contribution in [0.3, 0.4) is 0 Å². The number of hydrogen-bond donors (Lipinski definition) is 3. The second-order valence-corrected chi connectivity index (χ2v) is 1.88. The molecule has 0 aromatic rings. The minimum absolute atomic E-state index is 0. The van der Waals surface area contributed by atoms with Crippen molar-refractivity contribution in [2.24, 2.45) is 5.73 Å². The summed E-state index contributed by atoms with van der Waals surface area (Å²) >= 11 is 0. The molecule has 6 heteroatoms. The van der Waals surface area contributed by atoms with E-state index in [9.17, 15) is 9.59 Å². The number of carbonyl (C=O) groups is 2. The first-order valence-corrected chi connectivity index (χ1v) is 2.74. The number of aliphatic carboxylic acids is 2. The first-order chi connectivity index (χ1) is 4.54. The molecule has 0 fully saturated rings. The van der Waals surface area contributed by atoms with Crippen molar-refractivity contribution < 1.29 is 36.9 Å². The maximum atomic E-state index is 9.99. The topological polar surface area (TPSA) is 101 Å². The van der Waals surface area contributed by atoms with E-state index >= 15 is 0 Å². The van der Waals surface area contributed by atoms with Gasteiger partial charge in [-0.1, -0.05) is 0 Å². The number of rotatable bonds is 4. The van der Waals surface area contributed by atoms with Crippen LogP contribution >= 0.6 is 0 Å². The van der Waals surface area contributed by atoms with Crippen LogP contribution in [0.15, 0.2) is 0 Å². The van der Waals surface area contributed by atoms with Crippen molar-refractivity contribution in [3.05, 3.63) is 0 Å². The Morgan fingerprint density at radius 1 is 1.36 bits per heavy atom. The van der Waals surface area contributed by atoms with Crippen LogP contribution in [0.1, 0.15) is 12.8 Å². The molecule has 1 atom stereocenters. The van der Waals surface area contributed by atoms with Gasteiger partial charge in [-0.3, -0.25) is 9.59 Å². The fourth-order valence-electron chi connectivity index (χ4n) is 0.402. The van der Waals surface area contributed by atoms with Crippen molar-refractivity contribution in [2.45, 2.75) is 18.9 Å². The number of carboxylic acids is 2. The molecular formula is C5H9FeNO4. The Hall–Kier alpha value is -0.581. The van der Waals surface area contributed by atoms with E-state index in [0.717, 1.165) is 0 Å². The number of nitrogens with two attached hydrogens (primary N) is 1. The van der Waals surface area contributed by atoms with E-state index in [0.29, 0.717) is 0 Å². The molecule has 0 bridgehead atoms. The molecule has 0 radical (unpaired) electrons. The molecule has 0 aromatic carbocycles. The molecule has 0 saturated heterocycles. The molecule has 0 spiro atoms. The number of hydrogen-bond acceptors (Lipinski definition) is 3. The van der Waals surface area contributed by atoms with Gasteiger partial charge in [0, 0.05) is 23.5 Å². The first kappa shape index (κ1) is 13.0. The van der Waals surface area contributed by atoms with E-state index < -0.39 is 18.0 Å². The maximum absolute atomic E-state index is 9.99. The largest absolute Gasteiger partial charge is 0.481 e. The van der Waals surface area contributed by atoms with Gasteiger partial charge in [0.25, 0.3) is 0 Å².